The van der Waals surface area contributed by atoms with Crippen LogP contribution in [0, 0.1) is 0 Å². The SMILES string of the molecule is CCN1CCCCC1c1nc2cccnc2n1C1CCOC1. The van der Waals surface area contributed by atoms with E-state index in [1.54, 1.807) is 0 Å². The summed E-state index contributed by atoms with van der Waals surface area (Å²) in [5, 5.41) is 0. The van der Waals surface area contributed by atoms with Crippen molar-refractivity contribution in [3.63, 3.8) is 0 Å². The van der Waals surface area contributed by atoms with Crippen LogP contribution in [-0.4, -0.2) is 45.7 Å². The van der Waals surface area contributed by atoms with Crippen LogP contribution in [0.2, 0.25) is 0 Å². The molecule has 4 rings (SSSR count). The van der Waals surface area contributed by atoms with E-state index in [4.69, 9.17) is 9.72 Å². The van der Waals surface area contributed by atoms with Gasteiger partial charge in [-0.05, 0) is 44.5 Å². The zero-order chi connectivity index (χ0) is 14.9. The van der Waals surface area contributed by atoms with Gasteiger partial charge in [-0.1, -0.05) is 13.3 Å². The summed E-state index contributed by atoms with van der Waals surface area (Å²) < 4.78 is 8.01. The van der Waals surface area contributed by atoms with Gasteiger partial charge in [-0.25, -0.2) is 9.97 Å². The predicted octanol–water partition coefficient (Wildman–Crippen LogP) is 2.94. The number of nitrogens with zero attached hydrogens (tertiary/aromatic N) is 4. The Morgan fingerprint density at radius 1 is 1.32 bits per heavy atom. The first-order chi connectivity index (χ1) is 10.9. The number of hydrogen-bond donors (Lipinski definition) is 0. The number of fused-ring (bicyclic) bond motifs is 1. The number of piperidine rings is 1. The van der Waals surface area contributed by atoms with E-state index in [0.29, 0.717) is 12.1 Å². The van der Waals surface area contributed by atoms with E-state index in [-0.39, 0.29) is 0 Å². The predicted molar refractivity (Wildman–Crippen MR) is 85.8 cm³/mol. The van der Waals surface area contributed by atoms with Gasteiger partial charge in [0.25, 0.3) is 0 Å². The van der Waals surface area contributed by atoms with Gasteiger partial charge >= 0.3 is 0 Å². The van der Waals surface area contributed by atoms with E-state index >= 15 is 0 Å². The average Bonchev–Trinajstić information content (AvgIpc) is 3.21. The summed E-state index contributed by atoms with van der Waals surface area (Å²) in [7, 11) is 0. The van der Waals surface area contributed by atoms with Crippen LogP contribution in [0.4, 0.5) is 0 Å². The van der Waals surface area contributed by atoms with Crippen LogP contribution in [-0.2, 0) is 4.74 Å². The van der Waals surface area contributed by atoms with Crippen LogP contribution in [0.3, 0.4) is 0 Å². The monoisotopic (exact) mass is 300 g/mol. The third-order valence-corrected chi connectivity index (χ3v) is 5.06. The van der Waals surface area contributed by atoms with Gasteiger partial charge in [0, 0.05) is 12.8 Å². The molecule has 0 N–H and O–H groups in total. The molecule has 5 heteroatoms. The van der Waals surface area contributed by atoms with Crippen molar-refractivity contribution in [2.45, 2.75) is 44.7 Å². The number of ether oxygens (including phenoxy) is 1. The minimum Gasteiger partial charge on any atom is -0.379 e. The van der Waals surface area contributed by atoms with Gasteiger partial charge in [0.1, 0.15) is 11.3 Å². The molecule has 0 amide bonds. The molecule has 5 nitrogen and oxygen atoms in total. The van der Waals surface area contributed by atoms with Crippen molar-refractivity contribution >= 4 is 11.2 Å². The largest absolute Gasteiger partial charge is 0.379 e. The number of likely N-dealkylation sites (tertiary alicyclic amines) is 1. The van der Waals surface area contributed by atoms with E-state index in [1.807, 2.05) is 12.3 Å². The molecule has 0 aromatic carbocycles. The third kappa shape index (κ3) is 2.32. The van der Waals surface area contributed by atoms with E-state index < -0.39 is 0 Å². The molecule has 0 saturated carbocycles. The Morgan fingerprint density at radius 2 is 2.27 bits per heavy atom. The Balaban J connectivity index is 1.83. The first-order valence-electron chi connectivity index (χ1n) is 8.53. The fourth-order valence-electron chi connectivity index (χ4n) is 3.93. The molecule has 2 fully saturated rings. The molecule has 2 aliphatic heterocycles. The molecule has 0 bridgehead atoms. The lowest BCUT2D eigenvalue weighted by molar-refractivity contribution is 0.143. The van der Waals surface area contributed by atoms with E-state index in [2.05, 4.69) is 27.4 Å². The molecule has 0 radical (unpaired) electrons. The molecular weight excluding hydrogens is 276 g/mol. The number of hydrogen-bond acceptors (Lipinski definition) is 4. The van der Waals surface area contributed by atoms with Crippen LogP contribution in [0.25, 0.3) is 11.2 Å². The minimum absolute atomic E-state index is 0.385. The van der Waals surface area contributed by atoms with Gasteiger partial charge < -0.3 is 9.30 Å². The number of pyridine rings is 1. The summed E-state index contributed by atoms with van der Waals surface area (Å²) in [5.41, 5.74) is 2.04. The fraction of sp³-hybridized carbons (Fsp3) is 0.647. The Bertz CT molecular complexity index is 647. The molecule has 2 aliphatic rings. The first kappa shape index (κ1) is 14.2. The second-order valence-corrected chi connectivity index (χ2v) is 6.34. The van der Waals surface area contributed by atoms with Gasteiger partial charge in [0.15, 0.2) is 5.65 Å². The third-order valence-electron chi connectivity index (χ3n) is 5.06. The van der Waals surface area contributed by atoms with E-state index in [0.717, 1.165) is 37.3 Å². The van der Waals surface area contributed by atoms with Crippen LogP contribution >= 0.6 is 0 Å². The van der Waals surface area contributed by atoms with Crippen molar-refractivity contribution < 1.29 is 4.74 Å². The van der Waals surface area contributed by atoms with Crippen LogP contribution in [0.5, 0.6) is 0 Å². The number of rotatable bonds is 3. The normalized spacial score (nSPS) is 26.8. The molecule has 22 heavy (non-hydrogen) atoms. The molecule has 2 aromatic heterocycles. The van der Waals surface area contributed by atoms with Gasteiger partial charge in [-0.3, -0.25) is 4.90 Å². The van der Waals surface area contributed by atoms with Gasteiger partial charge in [0.05, 0.1) is 18.7 Å². The second-order valence-electron chi connectivity index (χ2n) is 6.34. The topological polar surface area (TPSA) is 43.2 Å². The van der Waals surface area contributed by atoms with E-state index in [9.17, 15) is 0 Å². The highest BCUT2D eigenvalue weighted by molar-refractivity contribution is 5.71. The Hall–Kier alpha value is -1.46. The average molecular weight is 300 g/mol. The summed E-state index contributed by atoms with van der Waals surface area (Å²) >= 11 is 0. The lowest BCUT2D eigenvalue weighted by Gasteiger charge is -2.35. The van der Waals surface area contributed by atoms with Crippen molar-refractivity contribution in [3.8, 4) is 0 Å². The van der Waals surface area contributed by atoms with Crippen molar-refractivity contribution in [2.24, 2.45) is 0 Å². The molecule has 0 spiro atoms. The van der Waals surface area contributed by atoms with Crippen LogP contribution < -0.4 is 0 Å². The second kappa shape index (κ2) is 5.97. The lowest BCUT2D eigenvalue weighted by atomic mass is 10.0. The van der Waals surface area contributed by atoms with Gasteiger partial charge in [0.2, 0.25) is 0 Å². The van der Waals surface area contributed by atoms with Gasteiger partial charge in [-0.15, -0.1) is 0 Å². The van der Waals surface area contributed by atoms with Crippen molar-refractivity contribution in [1.29, 1.82) is 0 Å². The highest BCUT2D eigenvalue weighted by atomic mass is 16.5. The molecule has 0 aliphatic carbocycles. The highest BCUT2D eigenvalue weighted by Crippen LogP contribution is 2.35. The molecule has 2 aromatic rings. The first-order valence-corrected chi connectivity index (χ1v) is 8.53. The zero-order valence-electron chi connectivity index (χ0n) is 13.2. The van der Waals surface area contributed by atoms with Crippen LogP contribution in [0.1, 0.15) is 50.5 Å². The standard InChI is InChI=1S/C17H24N4O/c1-2-20-10-4-3-7-15(20)17-19-14-6-5-9-18-16(14)21(17)13-8-11-22-12-13/h5-6,9,13,15H,2-4,7-8,10-12H2,1H3. The lowest BCUT2D eigenvalue weighted by Crippen LogP contribution is -2.35. The molecular formula is C17H24N4O. The summed E-state index contributed by atoms with van der Waals surface area (Å²) in [4.78, 5) is 12.2. The summed E-state index contributed by atoms with van der Waals surface area (Å²) in [5.74, 6) is 1.20. The maximum absolute atomic E-state index is 5.64. The fourth-order valence-corrected chi connectivity index (χ4v) is 3.93. The van der Waals surface area contributed by atoms with Gasteiger partial charge in [-0.2, -0.15) is 0 Å². The molecule has 118 valence electrons. The van der Waals surface area contributed by atoms with Crippen molar-refractivity contribution in [3.05, 3.63) is 24.2 Å². The highest BCUT2D eigenvalue weighted by Gasteiger charge is 2.31. The molecule has 4 heterocycles. The number of imidazole rings is 1. The summed E-state index contributed by atoms with van der Waals surface area (Å²) in [6, 6.07) is 4.87. The Labute approximate surface area is 131 Å². The van der Waals surface area contributed by atoms with Crippen molar-refractivity contribution in [1.82, 2.24) is 19.4 Å². The van der Waals surface area contributed by atoms with Crippen molar-refractivity contribution in [2.75, 3.05) is 26.3 Å². The summed E-state index contributed by atoms with van der Waals surface area (Å²) in [6.45, 7) is 6.15. The van der Waals surface area contributed by atoms with E-state index in [1.165, 1.54) is 31.6 Å². The number of aromatic nitrogens is 3. The maximum atomic E-state index is 5.64. The molecule has 2 saturated heterocycles. The zero-order valence-corrected chi connectivity index (χ0v) is 13.2. The van der Waals surface area contributed by atoms with Crippen LogP contribution in [0.15, 0.2) is 18.3 Å². The Kier molecular flexibility index (Phi) is 3.84. The molecule has 2 unspecified atom stereocenters. The molecule has 2 atom stereocenters. The minimum atomic E-state index is 0.385. The smallest absolute Gasteiger partial charge is 0.160 e. The maximum Gasteiger partial charge on any atom is 0.160 e. The Morgan fingerprint density at radius 3 is 3.09 bits per heavy atom. The summed E-state index contributed by atoms with van der Waals surface area (Å²) in [6.07, 6.45) is 6.73. The quantitative estimate of drug-likeness (QED) is 0.874.